The van der Waals surface area contributed by atoms with Crippen molar-refractivity contribution >= 4 is 44.3 Å². The van der Waals surface area contributed by atoms with Crippen LogP contribution < -0.4 is 0 Å². The number of halogens is 1. The number of hydrogen-bond acceptors (Lipinski definition) is 3. The van der Waals surface area contributed by atoms with Crippen molar-refractivity contribution in [2.24, 2.45) is 0 Å². The molecule has 0 saturated heterocycles. The molecule has 0 unspecified atom stereocenters. The van der Waals surface area contributed by atoms with Gasteiger partial charge >= 0.3 is 0 Å². The van der Waals surface area contributed by atoms with Gasteiger partial charge in [0.05, 0.1) is 27.1 Å². The lowest BCUT2D eigenvalue weighted by atomic mass is 10.3. The molecule has 0 radical (unpaired) electrons. The Bertz CT molecular complexity index is 953. The summed E-state index contributed by atoms with van der Waals surface area (Å²) in [5.74, 6) is 0. The first-order valence-electron chi connectivity index (χ1n) is 7.13. The predicted octanol–water partition coefficient (Wildman–Crippen LogP) is 5.22. The van der Waals surface area contributed by atoms with Gasteiger partial charge in [0, 0.05) is 11.8 Å². The first-order chi connectivity index (χ1) is 11.3. The van der Waals surface area contributed by atoms with Gasteiger partial charge in [0.2, 0.25) is 0 Å². The molecule has 0 atom stereocenters. The first-order valence-corrected chi connectivity index (χ1v) is 8.32. The average molecular weight is 338 g/mol. The summed E-state index contributed by atoms with van der Waals surface area (Å²) in [4.78, 5) is 4.56. The molecule has 4 aromatic rings. The van der Waals surface area contributed by atoms with Crippen LogP contribution in [0.3, 0.4) is 0 Å². The minimum Gasteiger partial charge on any atom is -0.240 e. The molecule has 0 aliphatic rings. The van der Waals surface area contributed by atoms with Crippen molar-refractivity contribution in [3.8, 4) is 5.69 Å². The van der Waals surface area contributed by atoms with Gasteiger partial charge in [-0.15, -0.1) is 11.3 Å². The normalized spacial score (nSPS) is 12.0. The SMILES string of the molecule is Cl/C(=C\c1cnn(-c2ccccc2)c1)c1nc2ccccc2s1. The van der Waals surface area contributed by atoms with Crippen molar-refractivity contribution in [1.29, 1.82) is 0 Å². The van der Waals surface area contributed by atoms with Crippen LogP contribution in [-0.4, -0.2) is 14.8 Å². The molecule has 0 amide bonds. The molecule has 2 aromatic carbocycles. The zero-order valence-corrected chi connectivity index (χ0v) is 13.6. The molecule has 0 aliphatic heterocycles. The largest absolute Gasteiger partial charge is 0.240 e. The van der Waals surface area contributed by atoms with Crippen molar-refractivity contribution in [1.82, 2.24) is 14.8 Å². The Morgan fingerprint density at radius 3 is 2.65 bits per heavy atom. The Morgan fingerprint density at radius 2 is 1.83 bits per heavy atom. The van der Waals surface area contributed by atoms with Crippen molar-refractivity contribution in [3.05, 3.63) is 77.6 Å². The fourth-order valence-electron chi connectivity index (χ4n) is 2.32. The first kappa shape index (κ1) is 14.2. The van der Waals surface area contributed by atoms with E-state index >= 15 is 0 Å². The van der Waals surface area contributed by atoms with E-state index in [2.05, 4.69) is 10.1 Å². The van der Waals surface area contributed by atoms with Crippen LogP contribution in [0.5, 0.6) is 0 Å². The number of hydrogen-bond donors (Lipinski definition) is 0. The summed E-state index contributed by atoms with van der Waals surface area (Å²) in [6.45, 7) is 0. The lowest BCUT2D eigenvalue weighted by Gasteiger charge is -1.98. The highest BCUT2D eigenvalue weighted by Gasteiger charge is 2.07. The highest BCUT2D eigenvalue weighted by atomic mass is 35.5. The van der Waals surface area contributed by atoms with Crippen LogP contribution in [-0.2, 0) is 0 Å². The average Bonchev–Trinajstić information content (AvgIpc) is 3.22. The van der Waals surface area contributed by atoms with Gasteiger partial charge in [-0.3, -0.25) is 0 Å². The van der Waals surface area contributed by atoms with E-state index in [0.29, 0.717) is 5.03 Å². The van der Waals surface area contributed by atoms with E-state index in [-0.39, 0.29) is 0 Å². The highest BCUT2D eigenvalue weighted by molar-refractivity contribution is 7.20. The summed E-state index contributed by atoms with van der Waals surface area (Å²) in [5, 5.41) is 5.82. The number of thiazole rings is 1. The van der Waals surface area contributed by atoms with Gasteiger partial charge in [-0.1, -0.05) is 41.9 Å². The Labute approximate surface area is 142 Å². The smallest absolute Gasteiger partial charge is 0.136 e. The molecule has 2 aromatic heterocycles. The molecule has 23 heavy (non-hydrogen) atoms. The number of nitrogens with zero attached hydrogens (tertiary/aromatic N) is 3. The summed E-state index contributed by atoms with van der Waals surface area (Å²) in [5.41, 5.74) is 2.93. The third-order valence-corrected chi connectivity index (χ3v) is 4.88. The van der Waals surface area contributed by atoms with Crippen molar-refractivity contribution in [2.45, 2.75) is 0 Å². The van der Waals surface area contributed by atoms with Crippen molar-refractivity contribution in [3.63, 3.8) is 0 Å². The van der Waals surface area contributed by atoms with Crippen LogP contribution in [0.4, 0.5) is 0 Å². The van der Waals surface area contributed by atoms with E-state index in [1.807, 2.05) is 71.6 Å². The van der Waals surface area contributed by atoms with Crippen LogP contribution in [0.25, 0.3) is 27.0 Å². The quantitative estimate of drug-likeness (QED) is 0.513. The molecule has 0 spiro atoms. The highest BCUT2D eigenvalue weighted by Crippen LogP contribution is 2.30. The maximum Gasteiger partial charge on any atom is 0.136 e. The summed E-state index contributed by atoms with van der Waals surface area (Å²) >= 11 is 8.03. The second-order valence-electron chi connectivity index (χ2n) is 5.03. The van der Waals surface area contributed by atoms with E-state index in [1.165, 1.54) is 0 Å². The van der Waals surface area contributed by atoms with E-state index in [1.54, 1.807) is 17.5 Å². The third kappa shape index (κ3) is 2.91. The zero-order chi connectivity index (χ0) is 15.6. The second-order valence-corrected chi connectivity index (χ2v) is 6.47. The van der Waals surface area contributed by atoms with Gasteiger partial charge in [0.15, 0.2) is 0 Å². The van der Waals surface area contributed by atoms with E-state index < -0.39 is 0 Å². The van der Waals surface area contributed by atoms with Gasteiger partial charge in [-0.2, -0.15) is 5.10 Å². The summed E-state index contributed by atoms with van der Waals surface area (Å²) in [7, 11) is 0. The standard InChI is InChI=1S/C18H12ClN3S/c19-15(18-21-16-8-4-5-9-17(16)23-18)10-13-11-20-22(12-13)14-6-2-1-3-7-14/h1-12H/b15-10-. The predicted molar refractivity (Wildman–Crippen MR) is 96.9 cm³/mol. The Balaban J connectivity index is 1.66. The minimum absolute atomic E-state index is 0.624. The van der Waals surface area contributed by atoms with Crippen molar-refractivity contribution in [2.75, 3.05) is 0 Å². The minimum atomic E-state index is 0.624. The summed E-state index contributed by atoms with van der Waals surface area (Å²) in [6.07, 6.45) is 5.64. The topological polar surface area (TPSA) is 30.7 Å². The summed E-state index contributed by atoms with van der Waals surface area (Å²) < 4.78 is 2.96. The molecule has 0 aliphatic carbocycles. The van der Waals surface area contributed by atoms with Gasteiger partial charge in [-0.25, -0.2) is 9.67 Å². The summed E-state index contributed by atoms with van der Waals surface area (Å²) in [6, 6.07) is 18.0. The van der Waals surface area contributed by atoms with Crippen LogP contribution >= 0.6 is 22.9 Å². The van der Waals surface area contributed by atoms with E-state index in [4.69, 9.17) is 11.6 Å². The van der Waals surface area contributed by atoms with Gasteiger partial charge < -0.3 is 0 Å². The molecule has 0 saturated carbocycles. The van der Waals surface area contributed by atoms with Crippen LogP contribution in [0.1, 0.15) is 10.6 Å². The van der Waals surface area contributed by atoms with Gasteiger partial charge in [0.1, 0.15) is 5.01 Å². The fraction of sp³-hybridized carbons (Fsp3) is 0. The van der Waals surface area contributed by atoms with Crippen molar-refractivity contribution < 1.29 is 0 Å². The van der Waals surface area contributed by atoms with Crippen LogP contribution in [0.15, 0.2) is 67.0 Å². The van der Waals surface area contributed by atoms with Crippen LogP contribution in [0, 0.1) is 0 Å². The molecule has 112 valence electrons. The zero-order valence-electron chi connectivity index (χ0n) is 12.1. The maximum absolute atomic E-state index is 6.44. The lowest BCUT2D eigenvalue weighted by Crippen LogP contribution is -1.92. The number of para-hydroxylation sites is 2. The molecule has 0 fully saturated rings. The number of rotatable bonds is 3. The number of benzene rings is 2. The molecule has 0 N–H and O–H groups in total. The molecule has 3 nitrogen and oxygen atoms in total. The molecule has 2 heterocycles. The lowest BCUT2D eigenvalue weighted by molar-refractivity contribution is 0.880. The molecule has 0 bridgehead atoms. The van der Waals surface area contributed by atoms with E-state index in [0.717, 1.165) is 26.5 Å². The molecular weight excluding hydrogens is 326 g/mol. The van der Waals surface area contributed by atoms with Gasteiger partial charge in [0.25, 0.3) is 0 Å². The number of fused-ring (bicyclic) bond motifs is 1. The Morgan fingerprint density at radius 1 is 1.04 bits per heavy atom. The van der Waals surface area contributed by atoms with E-state index in [9.17, 15) is 0 Å². The molecule has 4 rings (SSSR count). The second kappa shape index (κ2) is 5.99. The Hall–Kier alpha value is -2.43. The van der Waals surface area contributed by atoms with Gasteiger partial charge in [-0.05, 0) is 30.3 Å². The third-order valence-electron chi connectivity index (χ3n) is 3.41. The fourth-order valence-corrected chi connectivity index (χ4v) is 3.47. The monoisotopic (exact) mass is 337 g/mol. The Kier molecular flexibility index (Phi) is 3.69. The number of aromatic nitrogens is 3. The maximum atomic E-state index is 6.44. The van der Waals surface area contributed by atoms with Crippen LogP contribution in [0.2, 0.25) is 0 Å². The molecular formula is C18H12ClN3S. The molecule has 5 heteroatoms.